The van der Waals surface area contributed by atoms with Crippen LogP contribution in [0.3, 0.4) is 0 Å². The molecule has 0 aliphatic heterocycles. The molecule has 0 radical (unpaired) electrons. The summed E-state index contributed by atoms with van der Waals surface area (Å²) < 4.78 is 2.52. The summed E-state index contributed by atoms with van der Waals surface area (Å²) >= 11 is 0. The van der Waals surface area contributed by atoms with Crippen LogP contribution < -0.4 is 11.0 Å². The van der Waals surface area contributed by atoms with Gasteiger partial charge in [0.1, 0.15) is 11.3 Å². The number of nitrogens with one attached hydrogen (secondary N) is 1. The van der Waals surface area contributed by atoms with Gasteiger partial charge in [0.15, 0.2) is 0 Å². The molecule has 1 N–H and O–H groups in total. The number of carbonyl (C=O) groups excluding carboxylic acids is 1. The Labute approximate surface area is 150 Å². The molecule has 1 aromatic heterocycles. The number of benzene rings is 2. The number of anilines is 1. The van der Waals surface area contributed by atoms with E-state index < -0.39 is 27.1 Å². The zero-order valence-corrected chi connectivity index (χ0v) is 14.2. The highest BCUT2D eigenvalue weighted by Gasteiger charge is 2.24. The van der Waals surface area contributed by atoms with Gasteiger partial charge in [0.25, 0.3) is 17.3 Å². The van der Waals surface area contributed by atoms with Crippen LogP contribution in [0.25, 0.3) is 11.0 Å². The van der Waals surface area contributed by atoms with E-state index in [1.54, 1.807) is 0 Å². The lowest BCUT2D eigenvalue weighted by atomic mass is 10.1. The van der Waals surface area contributed by atoms with E-state index >= 15 is 0 Å². The van der Waals surface area contributed by atoms with Crippen molar-refractivity contribution >= 4 is 34.0 Å². The molecule has 0 fully saturated rings. The molecule has 0 unspecified atom stereocenters. The molecule has 0 atom stereocenters. The fourth-order valence-corrected chi connectivity index (χ4v) is 2.80. The van der Waals surface area contributed by atoms with Crippen molar-refractivity contribution in [1.82, 2.24) is 9.13 Å². The fourth-order valence-electron chi connectivity index (χ4n) is 2.80. The van der Waals surface area contributed by atoms with E-state index in [1.807, 2.05) is 0 Å². The average molecular weight is 371 g/mol. The molecule has 3 aromatic rings. The van der Waals surface area contributed by atoms with Crippen molar-refractivity contribution < 1.29 is 14.6 Å². The number of nitrogens with zero attached hydrogens (tertiary/aromatic N) is 4. The molecule has 0 saturated heterocycles. The number of nitro groups is 2. The summed E-state index contributed by atoms with van der Waals surface area (Å²) in [5.41, 5.74) is -0.970. The third-order valence-electron chi connectivity index (χ3n) is 4.18. The van der Waals surface area contributed by atoms with Crippen molar-refractivity contribution in [3.8, 4) is 0 Å². The minimum Gasteiger partial charge on any atom is -0.316 e. The van der Waals surface area contributed by atoms with Gasteiger partial charge in [-0.2, -0.15) is 0 Å². The molecular weight excluding hydrogens is 358 g/mol. The van der Waals surface area contributed by atoms with Crippen LogP contribution in [0, 0.1) is 20.2 Å². The Hall–Kier alpha value is -4.02. The first-order valence-corrected chi connectivity index (χ1v) is 7.61. The van der Waals surface area contributed by atoms with Gasteiger partial charge >= 0.3 is 5.69 Å². The van der Waals surface area contributed by atoms with E-state index in [0.717, 1.165) is 6.07 Å². The summed E-state index contributed by atoms with van der Waals surface area (Å²) in [6, 6.07) is 7.72. The van der Waals surface area contributed by atoms with Crippen LogP contribution in [0.2, 0.25) is 0 Å². The van der Waals surface area contributed by atoms with Gasteiger partial charge in [0.2, 0.25) is 0 Å². The Morgan fingerprint density at radius 1 is 0.963 bits per heavy atom. The predicted molar refractivity (Wildman–Crippen MR) is 95.9 cm³/mol. The van der Waals surface area contributed by atoms with Gasteiger partial charge in [-0.15, -0.1) is 0 Å². The summed E-state index contributed by atoms with van der Waals surface area (Å²) in [6.45, 7) is 0. The highest BCUT2D eigenvalue weighted by Crippen LogP contribution is 2.30. The fraction of sp³-hybridized carbons (Fsp3) is 0.125. The van der Waals surface area contributed by atoms with Crippen molar-refractivity contribution in [2.75, 3.05) is 5.32 Å². The van der Waals surface area contributed by atoms with Gasteiger partial charge in [0, 0.05) is 26.2 Å². The lowest BCUT2D eigenvalue weighted by molar-refractivity contribution is -0.385. The Morgan fingerprint density at radius 2 is 1.52 bits per heavy atom. The van der Waals surface area contributed by atoms with Gasteiger partial charge < -0.3 is 5.32 Å². The van der Waals surface area contributed by atoms with Crippen LogP contribution in [0.15, 0.2) is 41.2 Å². The maximum Gasteiger partial charge on any atom is 0.328 e. The normalized spacial score (nSPS) is 10.7. The van der Waals surface area contributed by atoms with E-state index in [2.05, 4.69) is 5.32 Å². The molecule has 0 saturated carbocycles. The zero-order chi connectivity index (χ0) is 19.9. The van der Waals surface area contributed by atoms with Crippen LogP contribution in [-0.4, -0.2) is 24.9 Å². The SMILES string of the molecule is Cn1c(=O)n(C)c2cc([N+](=O)[O-])c(NC(=O)c3ccccc3[N+](=O)[O-])cc21. The molecule has 0 bridgehead atoms. The summed E-state index contributed by atoms with van der Waals surface area (Å²) in [6.07, 6.45) is 0. The number of fused-ring (bicyclic) bond motifs is 1. The second-order valence-corrected chi connectivity index (χ2v) is 5.74. The number of hydrogen-bond donors (Lipinski definition) is 1. The van der Waals surface area contributed by atoms with Crippen LogP contribution >= 0.6 is 0 Å². The van der Waals surface area contributed by atoms with Gasteiger partial charge in [0.05, 0.1) is 20.9 Å². The van der Waals surface area contributed by atoms with Crippen LogP contribution in [0.1, 0.15) is 10.4 Å². The van der Waals surface area contributed by atoms with Gasteiger partial charge in [-0.3, -0.25) is 34.2 Å². The number of rotatable bonds is 4. The average Bonchev–Trinajstić information content (AvgIpc) is 2.84. The molecule has 27 heavy (non-hydrogen) atoms. The Bertz CT molecular complexity index is 1180. The van der Waals surface area contributed by atoms with Crippen molar-refractivity contribution in [3.05, 3.63) is 72.7 Å². The molecule has 0 aliphatic carbocycles. The minimum atomic E-state index is -0.870. The maximum atomic E-state index is 12.5. The van der Waals surface area contributed by atoms with Crippen LogP contribution in [-0.2, 0) is 14.1 Å². The number of hydrogen-bond acceptors (Lipinski definition) is 6. The molecule has 0 spiro atoms. The first kappa shape index (κ1) is 17.8. The number of aromatic nitrogens is 2. The second kappa shape index (κ2) is 6.37. The van der Waals surface area contributed by atoms with Crippen molar-refractivity contribution in [2.24, 2.45) is 14.1 Å². The molecule has 138 valence electrons. The third kappa shape index (κ3) is 2.90. The van der Waals surface area contributed by atoms with Gasteiger partial charge in [-0.1, -0.05) is 12.1 Å². The number of nitro benzene ring substituents is 2. The molecule has 0 aliphatic rings. The largest absolute Gasteiger partial charge is 0.328 e. The monoisotopic (exact) mass is 371 g/mol. The number of para-hydroxylation sites is 1. The number of carbonyl (C=O) groups is 1. The minimum absolute atomic E-state index is 0.170. The number of amides is 1. The molecule has 11 heteroatoms. The molecule has 2 aromatic carbocycles. The predicted octanol–water partition coefficient (Wildman–Crippen LogP) is 1.95. The first-order chi connectivity index (χ1) is 12.7. The molecule has 1 heterocycles. The summed E-state index contributed by atoms with van der Waals surface area (Å²) in [5, 5.41) is 24.8. The Morgan fingerprint density at radius 3 is 2.11 bits per heavy atom. The highest BCUT2D eigenvalue weighted by molar-refractivity contribution is 6.08. The van der Waals surface area contributed by atoms with Gasteiger partial charge in [-0.05, 0) is 12.1 Å². The topological polar surface area (TPSA) is 142 Å². The van der Waals surface area contributed by atoms with E-state index in [0.29, 0.717) is 11.0 Å². The summed E-state index contributed by atoms with van der Waals surface area (Å²) in [4.78, 5) is 45.6. The van der Waals surface area contributed by atoms with E-state index in [1.165, 1.54) is 53.6 Å². The quantitative estimate of drug-likeness (QED) is 0.548. The Kier molecular flexibility index (Phi) is 4.20. The van der Waals surface area contributed by atoms with Crippen molar-refractivity contribution in [3.63, 3.8) is 0 Å². The maximum absolute atomic E-state index is 12.5. The van der Waals surface area contributed by atoms with Gasteiger partial charge in [-0.25, -0.2) is 4.79 Å². The van der Waals surface area contributed by atoms with E-state index in [9.17, 15) is 29.8 Å². The second-order valence-electron chi connectivity index (χ2n) is 5.74. The molecule has 1 amide bonds. The van der Waals surface area contributed by atoms with Crippen LogP contribution in [0.4, 0.5) is 17.1 Å². The first-order valence-electron chi connectivity index (χ1n) is 7.61. The lowest BCUT2D eigenvalue weighted by Crippen LogP contribution is -2.19. The molecule has 11 nitrogen and oxygen atoms in total. The molecular formula is C16H13N5O6. The lowest BCUT2D eigenvalue weighted by Gasteiger charge is -2.08. The number of aryl methyl sites for hydroxylation is 2. The summed E-state index contributed by atoms with van der Waals surface area (Å²) in [5.74, 6) is -0.870. The standard InChI is InChI=1S/C16H13N5O6/c1-18-13-7-10(12(21(26)27)8-14(13)19(2)16(18)23)17-15(22)9-5-3-4-6-11(9)20(24)25/h3-8H,1-2H3,(H,17,22). The smallest absolute Gasteiger partial charge is 0.316 e. The van der Waals surface area contributed by atoms with E-state index in [-0.39, 0.29) is 16.9 Å². The van der Waals surface area contributed by atoms with Crippen molar-refractivity contribution in [1.29, 1.82) is 0 Å². The van der Waals surface area contributed by atoms with Crippen molar-refractivity contribution in [2.45, 2.75) is 0 Å². The summed E-state index contributed by atoms with van der Waals surface area (Å²) in [7, 11) is 2.96. The third-order valence-corrected chi connectivity index (χ3v) is 4.18. The van der Waals surface area contributed by atoms with Crippen LogP contribution in [0.5, 0.6) is 0 Å². The Balaban J connectivity index is 2.14. The molecule has 3 rings (SSSR count). The highest BCUT2D eigenvalue weighted by atomic mass is 16.6. The zero-order valence-electron chi connectivity index (χ0n) is 14.2. The van der Waals surface area contributed by atoms with E-state index in [4.69, 9.17) is 0 Å². The number of imidazole rings is 1.